The summed E-state index contributed by atoms with van der Waals surface area (Å²) in [6, 6.07) is 13.7. The maximum absolute atomic E-state index is 11.7. The summed E-state index contributed by atoms with van der Waals surface area (Å²) in [5.74, 6) is 2.13. The van der Waals surface area contributed by atoms with E-state index in [-0.39, 0.29) is 0 Å². The standard InChI is InChI=1S/C25H28N8O2/c1-18-29-30-24(35-18)19-8-7-10-22(14-19)31(2)12-13-32(3)23-20(17-34)15-27-25(28-23)33(4)16-21-9-5-6-11-26-21/h5-11,14-15,17H,12-13,16H2,1-4H3. The maximum atomic E-state index is 11.7. The molecule has 0 aliphatic rings. The van der Waals surface area contributed by atoms with Crippen molar-refractivity contribution in [2.24, 2.45) is 0 Å². The molecule has 4 aromatic rings. The first-order valence-electron chi connectivity index (χ1n) is 11.2. The third-order valence-electron chi connectivity index (χ3n) is 5.57. The van der Waals surface area contributed by atoms with Gasteiger partial charge in [-0.05, 0) is 30.3 Å². The molecule has 10 nitrogen and oxygen atoms in total. The number of carbonyl (C=O) groups excluding carboxylic acids is 1. The van der Waals surface area contributed by atoms with E-state index in [2.05, 4.69) is 30.0 Å². The maximum Gasteiger partial charge on any atom is 0.247 e. The van der Waals surface area contributed by atoms with Crippen LogP contribution >= 0.6 is 0 Å². The summed E-state index contributed by atoms with van der Waals surface area (Å²) in [7, 11) is 5.84. The number of pyridine rings is 1. The fraction of sp³-hybridized carbons (Fsp3) is 0.280. The molecule has 3 heterocycles. The molecule has 180 valence electrons. The minimum absolute atomic E-state index is 0.443. The Morgan fingerprint density at radius 2 is 1.77 bits per heavy atom. The van der Waals surface area contributed by atoms with Crippen LogP contribution in [-0.4, -0.2) is 65.7 Å². The minimum atomic E-state index is 0.443. The first kappa shape index (κ1) is 23.8. The number of aromatic nitrogens is 5. The molecule has 35 heavy (non-hydrogen) atoms. The fourth-order valence-corrected chi connectivity index (χ4v) is 3.58. The van der Waals surface area contributed by atoms with Crippen molar-refractivity contribution in [3.63, 3.8) is 0 Å². The van der Waals surface area contributed by atoms with Crippen LogP contribution in [0.1, 0.15) is 21.9 Å². The molecule has 0 N–H and O–H groups in total. The number of likely N-dealkylation sites (N-methyl/N-ethyl adjacent to an activating group) is 2. The monoisotopic (exact) mass is 472 g/mol. The Balaban J connectivity index is 1.45. The lowest BCUT2D eigenvalue weighted by Crippen LogP contribution is -2.32. The Kier molecular flexibility index (Phi) is 7.30. The van der Waals surface area contributed by atoms with Gasteiger partial charge in [0.25, 0.3) is 0 Å². The molecular formula is C25H28N8O2. The van der Waals surface area contributed by atoms with E-state index in [1.54, 1.807) is 19.3 Å². The highest BCUT2D eigenvalue weighted by Gasteiger charge is 2.15. The number of rotatable bonds is 10. The van der Waals surface area contributed by atoms with Crippen LogP contribution in [0.3, 0.4) is 0 Å². The molecule has 0 unspecified atom stereocenters. The Bertz CT molecular complexity index is 1280. The number of nitrogens with zero attached hydrogens (tertiary/aromatic N) is 8. The topological polar surface area (TPSA) is 104 Å². The molecular weight excluding hydrogens is 444 g/mol. The molecule has 0 saturated heterocycles. The van der Waals surface area contributed by atoms with E-state index < -0.39 is 0 Å². The summed E-state index contributed by atoms with van der Waals surface area (Å²) >= 11 is 0. The normalized spacial score (nSPS) is 10.7. The molecule has 0 radical (unpaired) electrons. The smallest absolute Gasteiger partial charge is 0.247 e. The van der Waals surface area contributed by atoms with E-state index in [0.29, 0.717) is 48.7 Å². The number of hydrogen-bond donors (Lipinski definition) is 0. The van der Waals surface area contributed by atoms with E-state index >= 15 is 0 Å². The SMILES string of the molecule is Cc1nnc(-c2cccc(N(C)CCN(C)c3nc(N(C)Cc4ccccn4)ncc3C=O)c2)o1. The van der Waals surface area contributed by atoms with Crippen molar-refractivity contribution in [2.45, 2.75) is 13.5 Å². The number of aldehydes is 1. The molecule has 0 aliphatic heterocycles. The van der Waals surface area contributed by atoms with Gasteiger partial charge in [0.1, 0.15) is 5.82 Å². The Morgan fingerprint density at radius 3 is 2.49 bits per heavy atom. The van der Waals surface area contributed by atoms with Gasteiger partial charge in [0.05, 0.1) is 17.8 Å². The second-order valence-corrected chi connectivity index (χ2v) is 8.26. The van der Waals surface area contributed by atoms with Crippen molar-refractivity contribution in [1.29, 1.82) is 0 Å². The fourth-order valence-electron chi connectivity index (χ4n) is 3.58. The van der Waals surface area contributed by atoms with E-state index in [9.17, 15) is 4.79 Å². The Morgan fingerprint density at radius 1 is 0.943 bits per heavy atom. The molecule has 0 aliphatic carbocycles. The lowest BCUT2D eigenvalue weighted by Gasteiger charge is -2.26. The zero-order valence-corrected chi connectivity index (χ0v) is 20.3. The van der Waals surface area contributed by atoms with Crippen LogP contribution in [0.2, 0.25) is 0 Å². The largest absolute Gasteiger partial charge is 0.421 e. The summed E-state index contributed by atoms with van der Waals surface area (Å²) < 4.78 is 5.55. The van der Waals surface area contributed by atoms with Gasteiger partial charge in [0.15, 0.2) is 6.29 Å². The van der Waals surface area contributed by atoms with Gasteiger partial charge in [-0.15, -0.1) is 10.2 Å². The molecule has 0 saturated carbocycles. The summed E-state index contributed by atoms with van der Waals surface area (Å²) in [6.07, 6.45) is 4.11. The Hall–Kier alpha value is -4.34. The van der Waals surface area contributed by atoms with Crippen LogP contribution in [0.15, 0.2) is 59.3 Å². The second kappa shape index (κ2) is 10.7. The van der Waals surface area contributed by atoms with Crippen LogP contribution in [0, 0.1) is 6.92 Å². The zero-order chi connectivity index (χ0) is 24.8. The Labute approximate surface area is 204 Å². The van der Waals surface area contributed by atoms with Crippen molar-refractivity contribution in [3.8, 4) is 11.5 Å². The van der Waals surface area contributed by atoms with Crippen LogP contribution in [0.5, 0.6) is 0 Å². The van der Waals surface area contributed by atoms with Crippen molar-refractivity contribution >= 4 is 23.7 Å². The average molecular weight is 473 g/mol. The lowest BCUT2D eigenvalue weighted by atomic mass is 10.2. The van der Waals surface area contributed by atoms with Gasteiger partial charge in [0.2, 0.25) is 17.7 Å². The van der Waals surface area contributed by atoms with E-state index in [4.69, 9.17) is 4.42 Å². The third-order valence-corrected chi connectivity index (χ3v) is 5.57. The average Bonchev–Trinajstić information content (AvgIpc) is 3.33. The number of carbonyl (C=O) groups is 1. The highest BCUT2D eigenvalue weighted by molar-refractivity contribution is 5.82. The summed E-state index contributed by atoms with van der Waals surface area (Å²) in [5, 5.41) is 8.00. The number of hydrogen-bond acceptors (Lipinski definition) is 10. The minimum Gasteiger partial charge on any atom is -0.421 e. The summed E-state index contributed by atoms with van der Waals surface area (Å²) in [6.45, 7) is 3.67. The zero-order valence-electron chi connectivity index (χ0n) is 20.3. The first-order valence-corrected chi connectivity index (χ1v) is 11.2. The molecule has 0 bridgehead atoms. The number of aryl methyl sites for hydroxylation is 1. The van der Waals surface area contributed by atoms with Gasteiger partial charge >= 0.3 is 0 Å². The van der Waals surface area contributed by atoms with Gasteiger partial charge in [-0.3, -0.25) is 9.78 Å². The second-order valence-electron chi connectivity index (χ2n) is 8.26. The quantitative estimate of drug-likeness (QED) is 0.319. The van der Waals surface area contributed by atoms with Gasteiger partial charge < -0.3 is 19.1 Å². The van der Waals surface area contributed by atoms with E-state index in [1.807, 2.05) is 73.4 Å². The molecule has 0 atom stereocenters. The van der Waals surface area contributed by atoms with Gasteiger partial charge in [-0.25, -0.2) is 4.98 Å². The highest BCUT2D eigenvalue weighted by Crippen LogP contribution is 2.24. The molecule has 0 fully saturated rings. The van der Waals surface area contributed by atoms with E-state index in [0.717, 1.165) is 23.2 Å². The highest BCUT2D eigenvalue weighted by atomic mass is 16.4. The molecule has 1 aromatic carbocycles. The van der Waals surface area contributed by atoms with Crippen LogP contribution in [0.25, 0.3) is 11.5 Å². The predicted octanol–water partition coefficient (Wildman–Crippen LogP) is 3.25. The molecule has 0 amide bonds. The summed E-state index contributed by atoms with van der Waals surface area (Å²) in [4.78, 5) is 31.1. The van der Waals surface area contributed by atoms with Gasteiger partial charge in [-0.2, -0.15) is 4.98 Å². The van der Waals surface area contributed by atoms with Crippen molar-refractivity contribution in [1.82, 2.24) is 25.1 Å². The van der Waals surface area contributed by atoms with Crippen LogP contribution in [-0.2, 0) is 6.54 Å². The van der Waals surface area contributed by atoms with Gasteiger partial charge in [0, 0.05) is 64.8 Å². The van der Waals surface area contributed by atoms with Gasteiger partial charge in [-0.1, -0.05) is 12.1 Å². The predicted molar refractivity (Wildman–Crippen MR) is 135 cm³/mol. The molecule has 4 rings (SSSR count). The molecule has 10 heteroatoms. The van der Waals surface area contributed by atoms with Crippen LogP contribution in [0.4, 0.5) is 17.5 Å². The number of benzene rings is 1. The lowest BCUT2D eigenvalue weighted by molar-refractivity contribution is 0.112. The number of anilines is 3. The van der Waals surface area contributed by atoms with Crippen LogP contribution < -0.4 is 14.7 Å². The van der Waals surface area contributed by atoms with Crippen molar-refractivity contribution < 1.29 is 9.21 Å². The van der Waals surface area contributed by atoms with E-state index in [1.165, 1.54) is 0 Å². The third kappa shape index (κ3) is 5.78. The van der Waals surface area contributed by atoms with Crippen molar-refractivity contribution in [2.75, 3.05) is 48.9 Å². The van der Waals surface area contributed by atoms with Crippen molar-refractivity contribution in [3.05, 3.63) is 72.0 Å². The molecule has 3 aromatic heterocycles. The first-order chi connectivity index (χ1) is 16.9. The molecule has 0 spiro atoms. The summed E-state index contributed by atoms with van der Waals surface area (Å²) in [5.41, 5.74) is 3.23.